The molecule has 1 N–H and O–H groups in total. The van der Waals surface area contributed by atoms with Crippen molar-refractivity contribution in [1.82, 2.24) is 19.0 Å². The molecule has 0 radical (unpaired) electrons. The molecule has 0 atom stereocenters. The molecule has 2 aromatic heterocycles. The summed E-state index contributed by atoms with van der Waals surface area (Å²) in [7, 11) is 2.95. The van der Waals surface area contributed by atoms with Gasteiger partial charge in [-0.3, -0.25) is 18.7 Å². The lowest BCUT2D eigenvalue weighted by Crippen LogP contribution is -2.39. The number of aromatic nitrogens is 3. The van der Waals surface area contributed by atoms with E-state index < -0.39 is 11.2 Å². The molecule has 8 nitrogen and oxygen atoms in total. The van der Waals surface area contributed by atoms with Gasteiger partial charge in [0.15, 0.2) is 0 Å². The lowest BCUT2D eigenvalue weighted by atomic mass is 9.89. The average molecular weight is 394 g/mol. The number of aryl methyl sites for hydroxylation is 1. The number of amides is 1. The molecule has 4 rings (SSSR count). The van der Waals surface area contributed by atoms with Crippen molar-refractivity contribution in [3.05, 3.63) is 68.5 Å². The molecule has 0 spiro atoms. The van der Waals surface area contributed by atoms with E-state index in [9.17, 15) is 19.5 Å². The summed E-state index contributed by atoms with van der Waals surface area (Å²) in [6.07, 6.45) is 1.65. The molecule has 0 aliphatic carbocycles. The van der Waals surface area contributed by atoms with Crippen molar-refractivity contribution in [2.75, 3.05) is 13.1 Å². The van der Waals surface area contributed by atoms with Crippen molar-refractivity contribution in [3.8, 4) is 5.75 Å². The van der Waals surface area contributed by atoms with Crippen LogP contribution in [-0.2, 0) is 14.1 Å². The monoisotopic (exact) mass is 394 g/mol. The first-order chi connectivity index (χ1) is 13.9. The second kappa shape index (κ2) is 7.20. The van der Waals surface area contributed by atoms with Gasteiger partial charge in [-0.25, -0.2) is 9.78 Å². The highest BCUT2D eigenvalue weighted by Crippen LogP contribution is 2.29. The Morgan fingerprint density at radius 2 is 1.66 bits per heavy atom. The fourth-order valence-corrected chi connectivity index (χ4v) is 3.90. The van der Waals surface area contributed by atoms with Gasteiger partial charge in [-0.2, -0.15) is 0 Å². The van der Waals surface area contributed by atoms with Crippen LogP contribution in [0.3, 0.4) is 0 Å². The molecule has 3 heterocycles. The number of hydrogen-bond acceptors (Lipinski definition) is 5. The van der Waals surface area contributed by atoms with Gasteiger partial charge in [0.05, 0.1) is 5.39 Å². The Labute approximate surface area is 166 Å². The number of benzene rings is 1. The number of piperidine rings is 1. The van der Waals surface area contributed by atoms with E-state index in [-0.39, 0.29) is 23.0 Å². The number of aromatic hydroxyl groups is 1. The maximum Gasteiger partial charge on any atom is 0.332 e. The number of rotatable bonds is 2. The average Bonchev–Trinajstić information content (AvgIpc) is 2.76. The van der Waals surface area contributed by atoms with Gasteiger partial charge in [0, 0.05) is 27.2 Å². The van der Waals surface area contributed by atoms with E-state index in [1.165, 1.54) is 18.7 Å². The SMILES string of the molecule is Cn1c(=O)c2ccc(C(=O)N3CCC(c4ccc(O)cc4)CC3)nc2n(C)c1=O. The van der Waals surface area contributed by atoms with Crippen molar-refractivity contribution in [3.63, 3.8) is 0 Å². The summed E-state index contributed by atoms with van der Waals surface area (Å²) in [5, 5.41) is 9.74. The second-order valence-electron chi connectivity index (χ2n) is 7.43. The third kappa shape index (κ3) is 3.30. The zero-order valence-corrected chi connectivity index (χ0v) is 16.3. The van der Waals surface area contributed by atoms with Crippen LogP contribution in [0.25, 0.3) is 11.0 Å². The number of phenolic OH excluding ortho intramolecular Hbond substituents is 1. The van der Waals surface area contributed by atoms with E-state index in [2.05, 4.69) is 4.98 Å². The molecule has 1 aliphatic rings. The molecular formula is C21H22N4O4. The molecule has 1 aromatic carbocycles. The maximum atomic E-state index is 12.9. The number of likely N-dealkylation sites (tertiary alicyclic amines) is 1. The summed E-state index contributed by atoms with van der Waals surface area (Å²) in [6, 6.07) is 10.3. The standard InChI is InChI=1S/C21H22N4O4/c1-23-18-16(19(27)24(2)21(23)29)7-8-17(22-18)20(28)25-11-9-14(10-12-25)13-3-5-15(26)6-4-13/h3-8,14,26H,9-12H2,1-2H3. The second-order valence-corrected chi connectivity index (χ2v) is 7.43. The first kappa shape index (κ1) is 18.9. The lowest BCUT2D eigenvalue weighted by molar-refractivity contribution is 0.0707. The number of pyridine rings is 1. The van der Waals surface area contributed by atoms with E-state index in [1.807, 2.05) is 12.1 Å². The van der Waals surface area contributed by atoms with Gasteiger partial charge in [-0.1, -0.05) is 12.1 Å². The molecule has 0 unspecified atom stereocenters. The zero-order valence-electron chi connectivity index (χ0n) is 16.3. The third-order valence-corrected chi connectivity index (χ3v) is 5.67. The summed E-state index contributed by atoms with van der Waals surface area (Å²) in [6.45, 7) is 1.19. The van der Waals surface area contributed by atoms with Gasteiger partial charge in [0.25, 0.3) is 11.5 Å². The highest BCUT2D eigenvalue weighted by Gasteiger charge is 2.26. The Morgan fingerprint density at radius 1 is 1.00 bits per heavy atom. The molecule has 0 bridgehead atoms. The predicted molar refractivity (Wildman–Crippen MR) is 108 cm³/mol. The van der Waals surface area contributed by atoms with Crippen LogP contribution in [-0.4, -0.2) is 43.1 Å². The van der Waals surface area contributed by atoms with Crippen molar-refractivity contribution in [2.45, 2.75) is 18.8 Å². The predicted octanol–water partition coefficient (Wildman–Crippen LogP) is 1.36. The van der Waals surface area contributed by atoms with Crippen LogP contribution in [0.4, 0.5) is 0 Å². The Kier molecular flexibility index (Phi) is 4.70. The highest BCUT2D eigenvalue weighted by atomic mass is 16.3. The van der Waals surface area contributed by atoms with E-state index >= 15 is 0 Å². The van der Waals surface area contributed by atoms with Crippen LogP contribution in [0.1, 0.15) is 34.8 Å². The van der Waals surface area contributed by atoms with Crippen molar-refractivity contribution >= 4 is 16.9 Å². The first-order valence-electron chi connectivity index (χ1n) is 9.52. The molecule has 1 aliphatic heterocycles. The minimum absolute atomic E-state index is 0.204. The summed E-state index contributed by atoms with van der Waals surface area (Å²) < 4.78 is 2.31. The van der Waals surface area contributed by atoms with E-state index in [4.69, 9.17) is 0 Å². The highest BCUT2D eigenvalue weighted by molar-refractivity contribution is 5.94. The van der Waals surface area contributed by atoms with Crippen LogP contribution >= 0.6 is 0 Å². The van der Waals surface area contributed by atoms with Gasteiger partial charge >= 0.3 is 5.69 Å². The Hall–Kier alpha value is -3.42. The van der Waals surface area contributed by atoms with Crippen LogP contribution in [0.5, 0.6) is 5.75 Å². The topological polar surface area (TPSA) is 97.4 Å². The molecule has 150 valence electrons. The smallest absolute Gasteiger partial charge is 0.332 e. The summed E-state index contributed by atoms with van der Waals surface area (Å²) >= 11 is 0. The number of hydrogen-bond donors (Lipinski definition) is 1. The largest absolute Gasteiger partial charge is 0.508 e. The number of fused-ring (bicyclic) bond motifs is 1. The minimum Gasteiger partial charge on any atom is -0.508 e. The van der Waals surface area contributed by atoms with E-state index in [0.29, 0.717) is 24.4 Å². The fraction of sp³-hybridized carbons (Fsp3) is 0.333. The van der Waals surface area contributed by atoms with E-state index in [0.717, 1.165) is 23.0 Å². The zero-order chi connectivity index (χ0) is 20.7. The quantitative estimate of drug-likeness (QED) is 0.708. The van der Waals surface area contributed by atoms with Crippen LogP contribution in [0, 0.1) is 0 Å². The Balaban J connectivity index is 1.56. The molecule has 29 heavy (non-hydrogen) atoms. The molecule has 3 aromatic rings. The summed E-state index contributed by atoms with van der Waals surface area (Å²) in [4.78, 5) is 43.5. The summed E-state index contributed by atoms with van der Waals surface area (Å²) in [5.41, 5.74) is 0.690. The van der Waals surface area contributed by atoms with Gasteiger partial charge in [0.1, 0.15) is 17.1 Å². The fourth-order valence-electron chi connectivity index (χ4n) is 3.90. The van der Waals surface area contributed by atoms with E-state index in [1.54, 1.807) is 29.2 Å². The van der Waals surface area contributed by atoms with Crippen molar-refractivity contribution in [2.24, 2.45) is 14.1 Å². The Bertz CT molecular complexity index is 1200. The number of nitrogens with zero attached hydrogens (tertiary/aromatic N) is 4. The number of carbonyl (C=O) groups is 1. The molecular weight excluding hydrogens is 372 g/mol. The molecule has 1 fully saturated rings. The lowest BCUT2D eigenvalue weighted by Gasteiger charge is -2.32. The molecule has 1 saturated heterocycles. The number of phenols is 1. The van der Waals surface area contributed by atoms with Gasteiger partial charge < -0.3 is 10.0 Å². The molecule has 8 heteroatoms. The van der Waals surface area contributed by atoms with Crippen molar-refractivity contribution < 1.29 is 9.90 Å². The third-order valence-electron chi connectivity index (χ3n) is 5.67. The van der Waals surface area contributed by atoms with Crippen molar-refractivity contribution in [1.29, 1.82) is 0 Å². The molecule has 1 amide bonds. The Morgan fingerprint density at radius 3 is 2.31 bits per heavy atom. The van der Waals surface area contributed by atoms with Gasteiger partial charge in [-0.15, -0.1) is 0 Å². The summed E-state index contributed by atoms with van der Waals surface area (Å²) in [5.74, 6) is 0.380. The maximum absolute atomic E-state index is 12.9. The van der Waals surface area contributed by atoms with Gasteiger partial charge in [-0.05, 0) is 48.6 Å². The number of carbonyl (C=O) groups excluding carboxylic acids is 1. The van der Waals surface area contributed by atoms with Gasteiger partial charge in [0.2, 0.25) is 0 Å². The first-order valence-corrected chi connectivity index (χ1v) is 9.52. The normalized spacial score (nSPS) is 15.0. The molecule has 0 saturated carbocycles. The van der Waals surface area contributed by atoms with Crippen LogP contribution < -0.4 is 11.2 Å². The minimum atomic E-state index is -0.477. The van der Waals surface area contributed by atoms with Crippen LogP contribution in [0.15, 0.2) is 46.0 Å². The van der Waals surface area contributed by atoms with Crippen LogP contribution in [0.2, 0.25) is 0 Å².